The maximum Gasteiger partial charge on any atom is 0.356 e. The van der Waals surface area contributed by atoms with Gasteiger partial charge in [0.2, 0.25) is 0 Å². The first kappa shape index (κ1) is 19.2. The number of nitrogens with zero attached hydrogens (tertiary/aromatic N) is 3. The second-order valence-electron chi connectivity index (χ2n) is 8.38. The van der Waals surface area contributed by atoms with Crippen LogP contribution in [0.3, 0.4) is 0 Å². The Balaban J connectivity index is 1.41. The maximum absolute atomic E-state index is 11.9. The number of esters is 1. The van der Waals surface area contributed by atoms with Crippen molar-refractivity contribution in [2.45, 2.75) is 38.8 Å². The molecule has 28 heavy (non-hydrogen) atoms. The number of methoxy groups -OCH3 is 1. The molecule has 2 aromatic rings. The van der Waals surface area contributed by atoms with Gasteiger partial charge in [-0.2, -0.15) is 5.10 Å². The van der Waals surface area contributed by atoms with Crippen LogP contribution in [-0.4, -0.2) is 59.3 Å². The number of aromatic nitrogens is 2. The summed E-state index contributed by atoms with van der Waals surface area (Å²) in [5.74, 6) is -0.342. The number of ether oxygens (including phenoxy) is 1. The minimum atomic E-state index is -0.342. The van der Waals surface area contributed by atoms with E-state index in [0.29, 0.717) is 11.1 Å². The summed E-state index contributed by atoms with van der Waals surface area (Å²) in [4.78, 5) is 17.0. The topological polar surface area (TPSA) is 61.5 Å². The molecule has 1 N–H and O–H groups in total. The van der Waals surface area contributed by atoms with E-state index in [9.17, 15) is 4.79 Å². The molecule has 150 valence electrons. The van der Waals surface area contributed by atoms with E-state index in [1.165, 1.54) is 44.9 Å². The molecule has 0 radical (unpaired) electrons. The zero-order valence-corrected chi connectivity index (χ0v) is 16.7. The number of carbonyl (C=O) groups excluding carboxylic acids is 1. The summed E-state index contributed by atoms with van der Waals surface area (Å²) in [5.41, 5.74) is 3.17. The average Bonchev–Trinajstić information content (AvgIpc) is 3.16. The highest BCUT2D eigenvalue weighted by atomic mass is 16.5. The van der Waals surface area contributed by atoms with Crippen LogP contribution in [0.5, 0.6) is 0 Å². The number of rotatable bonds is 5. The van der Waals surface area contributed by atoms with Crippen LogP contribution >= 0.6 is 0 Å². The van der Waals surface area contributed by atoms with Gasteiger partial charge in [0.25, 0.3) is 0 Å². The molecule has 1 spiro atoms. The average molecular weight is 383 g/mol. The number of nitrogens with one attached hydrogen (secondary N) is 1. The van der Waals surface area contributed by atoms with Crippen LogP contribution in [0, 0.1) is 5.41 Å². The lowest BCUT2D eigenvalue weighted by atomic mass is 9.73. The van der Waals surface area contributed by atoms with Gasteiger partial charge in [0.05, 0.1) is 13.3 Å². The monoisotopic (exact) mass is 382 g/mol. The van der Waals surface area contributed by atoms with E-state index in [1.54, 1.807) is 6.20 Å². The Labute approximate surface area is 166 Å². The molecule has 0 aliphatic carbocycles. The molecule has 0 saturated carbocycles. The predicted octanol–water partition coefficient (Wildman–Crippen LogP) is 3.07. The molecule has 3 heterocycles. The largest absolute Gasteiger partial charge is 0.464 e. The van der Waals surface area contributed by atoms with Crippen molar-refractivity contribution < 1.29 is 9.53 Å². The number of aromatic amines is 1. The van der Waals surface area contributed by atoms with E-state index in [4.69, 9.17) is 4.74 Å². The van der Waals surface area contributed by atoms with Crippen molar-refractivity contribution in [3.63, 3.8) is 0 Å². The highest BCUT2D eigenvalue weighted by Crippen LogP contribution is 2.39. The third kappa shape index (κ3) is 4.28. The molecule has 1 atom stereocenters. The van der Waals surface area contributed by atoms with Gasteiger partial charge < -0.3 is 4.74 Å². The van der Waals surface area contributed by atoms with Crippen molar-refractivity contribution in [1.82, 2.24) is 20.0 Å². The zero-order valence-electron chi connectivity index (χ0n) is 16.7. The second-order valence-corrected chi connectivity index (χ2v) is 8.38. The molecule has 2 fully saturated rings. The summed E-state index contributed by atoms with van der Waals surface area (Å²) >= 11 is 0. The lowest BCUT2D eigenvalue weighted by Gasteiger charge is -2.48. The molecule has 0 unspecified atom stereocenters. The number of hydrogen-bond donors (Lipinski definition) is 1. The van der Waals surface area contributed by atoms with Crippen LogP contribution in [0.1, 0.15) is 47.3 Å². The summed E-state index contributed by atoms with van der Waals surface area (Å²) in [5, 5.41) is 6.85. The fourth-order valence-electron chi connectivity index (χ4n) is 5.02. The summed E-state index contributed by atoms with van der Waals surface area (Å²) < 4.78 is 4.87. The van der Waals surface area contributed by atoms with E-state index in [-0.39, 0.29) is 5.97 Å². The van der Waals surface area contributed by atoms with Crippen LogP contribution in [0.2, 0.25) is 0 Å². The Morgan fingerprint density at radius 1 is 1.11 bits per heavy atom. The SMILES string of the molecule is COC(=O)c1[nH]ncc1CN1CCC[C@@]2(CCCN(Cc3ccccc3)C2)C1. The summed E-state index contributed by atoms with van der Waals surface area (Å²) in [7, 11) is 1.41. The molecule has 2 aliphatic rings. The number of benzene rings is 1. The highest BCUT2D eigenvalue weighted by molar-refractivity contribution is 5.88. The van der Waals surface area contributed by atoms with Gasteiger partial charge in [-0.25, -0.2) is 4.79 Å². The second kappa shape index (κ2) is 8.45. The fourth-order valence-corrected chi connectivity index (χ4v) is 5.02. The van der Waals surface area contributed by atoms with Gasteiger partial charge in [0, 0.05) is 31.7 Å². The summed E-state index contributed by atoms with van der Waals surface area (Å²) in [6, 6.07) is 10.8. The van der Waals surface area contributed by atoms with E-state index in [0.717, 1.165) is 38.3 Å². The van der Waals surface area contributed by atoms with Gasteiger partial charge in [-0.3, -0.25) is 14.9 Å². The first-order chi connectivity index (χ1) is 13.7. The minimum Gasteiger partial charge on any atom is -0.464 e. The Morgan fingerprint density at radius 2 is 1.79 bits per heavy atom. The number of hydrogen-bond acceptors (Lipinski definition) is 5. The van der Waals surface area contributed by atoms with Gasteiger partial charge >= 0.3 is 5.97 Å². The lowest BCUT2D eigenvalue weighted by molar-refractivity contribution is 0.00761. The molecule has 0 bridgehead atoms. The molecule has 6 heteroatoms. The molecular weight excluding hydrogens is 352 g/mol. The Bertz CT molecular complexity index is 787. The Morgan fingerprint density at radius 3 is 2.46 bits per heavy atom. The van der Waals surface area contributed by atoms with Crippen LogP contribution in [-0.2, 0) is 17.8 Å². The molecule has 1 aromatic carbocycles. The molecular formula is C22H30N4O2. The number of H-pyrrole nitrogens is 1. The van der Waals surface area contributed by atoms with Crippen molar-refractivity contribution in [3.8, 4) is 0 Å². The third-order valence-electron chi connectivity index (χ3n) is 6.23. The fraction of sp³-hybridized carbons (Fsp3) is 0.545. The zero-order chi connectivity index (χ0) is 19.4. The van der Waals surface area contributed by atoms with Crippen molar-refractivity contribution in [3.05, 3.63) is 53.3 Å². The van der Waals surface area contributed by atoms with Crippen molar-refractivity contribution in [2.24, 2.45) is 5.41 Å². The standard InChI is InChI=1S/C22H30N4O2/c1-28-21(27)20-19(13-23-24-20)15-26-12-6-10-22(17-26)9-5-11-25(16-22)14-18-7-3-2-4-8-18/h2-4,7-8,13H,5-6,9-12,14-17H2,1H3,(H,23,24)/t22-/m1/s1. The molecule has 1 aromatic heterocycles. The molecule has 6 nitrogen and oxygen atoms in total. The van der Waals surface area contributed by atoms with Crippen molar-refractivity contribution >= 4 is 5.97 Å². The normalized spacial score (nSPS) is 23.8. The van der Waals surface area contributed by atoms with Gasteiger partial charge in [-0.05, 0) is 49.8 Å². The van der Waals surface area contributed by atoms with E-state index < -0.39 is 0 Å². The first-order valence-corrected chi connectivity index (χ1v) is 10.3. The van der Waals surface area contributed by atoms with Crippen LogP contribution in [0.25, 0.3) is 0 Å². The van der Waals surface area contributed by atoms with Crippen molar-refractivity contribution in [1.29, 1.82) is 0 Å². The highest BCUT2D eigenvalue weighted by Gasteiger charge is 2.39. The van der Waals surface area contributed by atoms with E-state index >= 15 is 0 Å². The van der Waals surface area contributed by atoms with Crippen LogP contribution in [0.15, 0.2) is 36.5 Å². The van der Waals surface area contributed by atoms with E-state index in [2.05, 4.69) is 50.3 Å². The van der Waals surface area contributed by atoms with E-state index in [1.807, 2.05) is 0 Å². The van der Waals surface area contributed by atoms with Crippen LogP contribution in [0.4, 0.5) is 0 Å². The molecule has 4 rings (SSSR count). The van der Waals surface area contributed by atoms with Gasteiger partial charge in [0.1, 0.15) is 5.69 Å². The molecule has 0 amide bonds. The minimum absolute atomic E-state index is 0.342. The third-order valence-corrected chi connectivity index (χ3v) is 6.23. The smallest absolute Gasteiger partial charge is 0.356 e. The number of likely N-dealkylation sites (tertiary alicyclic amines) is 2. The lowest BCUT2D eigenvalue weighted by Crippen LogP contribution is -2.51. The Kier molecular flexibility index (Phi) is 5.78. The Hall–Kier alpha value is -2.18. The quantitative estimate of drug-likeness (QED) is 0.806. The number of piperidine rings is 2. The number of carbonyl (C=O) groups is 1. The van der Waals surface area contributed by atoms with Gasteiger partial charge in [0.15, 0.2) is 0 Å². The summed E-state index contributed by atoms with van der Waals surface area (Å²) in [6.45, 7) is 6.30. The molecule has 2 saturated heterocycles. The van der Waals surface area contributed by atoms with Crippen LogP contribution < -0.4 is 0 Å². The van der Waals surface area contributed by atoms with Gasteiger partial charge in [-0.15, -0.1) is 0 Å². The van der Waals surface area contributed by atoms with Crippen molar-refractivity contribution in [2.75, 3.05) is 33.3 Å². The molecule has 2 aliphatic heterocycles. The maximum atomic E-state index is 11.9. The predicted molar refractivity (Wildman–Crippen MR) is 108 cm³/mol. The summed E-state index contributed by atoms with van der Waals surface area (Å²) in [6.07, 6.45) is 6.83. The van der Waals surface area contributed by atoms with Gasteiger partial charge in [-0.1, -0.05) is 30.3 Å². The first-order valence-electron chi connectivity index (χ1n) is 10.3.